The molecule has 2 rings (SSSR count). The van der Waals surface area contributed by atoms with Gasteiger partial charge >= 0.3 is 6.03 Å². The van der Waals surface area contributed by atoms with Crippen molar-refractivity contribution in [1.82, 2.24) is 4.98 Å². The highest BCUT2D eigenvalue weighted by atomic mass is 79.9. The minimum absolute atomic E-state index is 0.286. The number of halogens is 1. The highest BCUT2D eigenvalue weighted by Gasteiger charge is 2.05. The summed E-state index contributed by atoms with van der Waals surface area (Å²) in [5, 5.41) is 5.49. The molecule has 0 aliphatic rings. The van der Waals surface area contributed by atoms with Crippen LogP contribution in [0.1, 0.15) is 5.56 Å². The number of nitrogens with one attached hydrogen (secondary N) is 2. The lowest BCUT2D eigenvalue weighted by Crippen LogP contribution is -2.19. The third kappa shape index (κ3) is 3.30. The van der Waals surface area contributed by atoms with E-state index in [1.807, 2.05) is 31.2 Å². The number of hydrogen-bond acceptors (Lipinski definition) is 2. The average molecular weight is 306 g/mol. The van der Waals surface area contributed by atoms with Crippen molar-refractivity contribution in [2.45, 2.75) is 6.92 Å². The molecule has 0 unspecified atom stereocenters. The molecule has 0 fully saturated rings. The van der Waals surface area contributed by atoms with Gasteiger partial charge in [-0.3, -0.25) is 4.98 Å². The topological polar surface area (TPSA) is 54.0 Å². The van der Waals surface area contributed by atoms with Gasteiger partial charge in [0.25, 0.3) is 0 Å². The van der Waals surface area contributed by atoms with Gasteiger partial charge in [0.15, 0.2) is 0 Å². The first-order chi connectivity index (χ1) is 8.65. The van der Waals surface area contributed by atoms with Crippen molar-refractivity contribution in [2.24, 2.45) is 0 Å². The molecule has 1 heterocycles. The van der Waals surface area contributed by atoms with E-state index in [4.69, 9.17) is 0 Å². The normalized spacial score (nSPS) is 9.89. The number of nitrogens with zero attached hydrogens (tertiary/aromatic N) is 1. The number of pyridine rings is 1. The number of carbonyl (C=O) groups excluding carboxylic acids is 1. The Labute approximate surface area is 114 Å². The van der Waals surface area contributed by atoms with Gasteiger partial charge in [0.05, 0.1) is 10.2 Å². The van der Waals surface area contributed by atoms with E-state index in [1.54, 1.807) is 18.5 Å². The van der Waals surface area contributed by atoms with Crippen molar-refractivity contribution in [2.75, 3.05) is 10.6 Å². The molecule has 0 bridgehead atoms. The summed E-state index contributed by atoms with van der Waals surface area (Å²) in [6, 6.07) is 9.03. The predicted octanol–water partition coefficient (Wildman–Crippen LogP) is 3.80. The summed E-state index contributed by atoms with van der Waals surface area (Å²) in [6.07, 6.45) is 3.24. The first-order valence-corrected chi connectivity index (χ1v) is 6.18. The van der Waals surface area contributed by atoms with Crippen LogP contribution in [0.15, 0.2) is 47.2 Å². The Morgan fingerprint density at radius 3 is 2.56 bits per heavy atom. The van der Waals surface area contributed by atoms with Crippen LogP contribution in [0.25, 0.3) is 0 Å². The largest absolute Gasteiger partial charge is 0.323 e. The van der Waals surface area contributed by atoms with Gasteiger partial charge in [0.2, 0.25) is 0 Å². The van der Waals surface area contributed by atoms with Gasteiger partial charge < -0.3 is 10.6 Å². The Balaban J connectivity index is 2.01. The zero-order valence-corrected chi connectivity index (χ0v) is 11.4. The van der Waals surface area contributed by atoms with E-state index in [-0.39, 0.29) is 6.03 Å². The van der Waals surface area contributed by atoms with E-state index in [0.717, 1.165) is 15.7 Å². The first-order valence-electron chi connectivity index (χ1n) is 5.39. The molecule has 5 heteroatoms. The Morgan fingerprint density at radius 2 is 1.89 bits per heavy atom. The third-order valence-corrected chi connectivity index (χ3v) is 2.96. The first kappa shape index (κ1) is 12.6. The van der Waals surface area contributed by atoms with Crippen LogP contribution in [-0.2, 0) is 0 Å². The predicted molar refractivity (Wildman–Crippen MR) is 75.8 cm³/mol. The molecule has 18 heavy (non-hydrogen) atoms. The summed E-state index contributed by atoms with van der Waals surface area (Å²) in [5.41, 5.74) is 2.58. The van der Waals surface area contributed by atoms with Crippen LogP contribution in [0.5, 0.6) is 0 Å². The number of carbonyl (C=O) groups is 1. The van der Waals surface area contributed by atoms with Crippen molar-refractivity contribution >= 4 is 33.3 Å². The zero-order valence-electron chi connectivity index (χ0n) is 9.77. The summed E-state index contributed by atoms with van der Waals surface area (Å²) < 4.78 is 0.740. The number of amides is 2. The molecule has 2 aromatic rings. The summed E-state index contributed by atoms with van der Waals surface area (Å²) in [7, 11) is 0. The van der Waals surface area contributed by atoms with Crippen LogP contribution >= 0.6 is 15.9 Å². The van der Waals surface area contributed by atoms with Gasteiger partial charge in [-0.2, -0.15) is 0 Å². The van der Waals surface area contributed by atoms with Crippen molar-refractivity contribution in [3.8, 4) is 0 Å². The molecule has 2 N–H and O–H groups in total. The monoisotopic (exact) mass is 305 g/mol. The summed E-state index contributed by atoms with van der Waals surface area (Å²) in [6.45, 7) is 2.00. The molecule has 0 aliphatic carbocycles. The molecule has 0 radical (unpaired) electrons. The van der Waals surface area contributed by atoms with Crippen molar-refractivity contribution in [1.29, 1.82) is 0 Å². The van der Waals surface area contributed by atoms with E-state index >= 15 is 0 Å². The quantitative estimate of drug-likeness (QED) is 0.886. The van der Waals surface area contributed by atoms with E-state index in [0.29, 0.717) is 5.69 Å². The van der Waals surface area contributed by atoms with Crippen LogP contribution in [0, 0.1) is 6.92 Å². The molecular weight excluding hydrogens is 294 g/mol. The second kappa shape index (κ2) is 5.64. The van der Waals surface area contributed by atoms with Crippen LogP contribution in [0.4, 0.5) is 16.2 Å². The van der Waals surface area contributed by atoms with Gasteiger partial charge in [-0.1, -0.05) is 17.7 Å². The number of aromatic nitrogens is 1. The maximum absolute atomic E-state index is 11.8. The smallest absolute Gasteiger partial charge is 0.308 e. The third-order valence-electron chi connectivity index (χ3n) is 2.33. The lowest BCUT2D eigenvalue weighted by molar-refractivity contribution is 0.262. The molecule has 0 aliphatic heterocycles. The number of anilines is 2. The molecule has 0 saturated heterocycles. The molecule has 1 aromatic heterocycles. The fourth-order valence-electron chi connectivity index (χ4n) is 1.40. The molecule has 92 valence electrons. The van der Waals surface area contributed by atoms with Crippen molar-refractivity contribution in [3.63, 3.8) is 0 Å². The molecule has 4 nitrogen and oxygen atoms in total. The number of urea groups is 1. The molecule has 1 aromatic carbocycles. The van der Waals surface area contributed by atoms with Gasteiger partial charge in [-0.05, 0) is 41.1 Å². The second-order valence-corrected chi connectivity index (χ2v) is 4.66. The molecule has 0 spiro atoms. The number of rotatable bonds is 2. The van der Waals surface area contributed by atoms with E-state index in [1.165, 1.54) is 0 Å². The molecular formula is C13H12BrN3O. The average Bonchev–Trinajstić information content (AvgIpc) is 2.35. The lowest BCUT2D eigenvalue weighted by Gasteiger charge is -2.08. The Kier molecular flexibility index (Phi) is 3.94. The van der Waals surface area contributed by atoms with E-state index < -0.39 is 0 Å². The number of hydrogen-bond donors (Lipinski definition) is 2. The van der Waals surface area contributed by atoms with E-state index in [2.05, 4.69) is 31.5 Å². The number of benzene rings is 1. The molecule has 0 saturated carbocycles. The van der Waals surface area contributed by atoms with Gasteiger partial charge in [0.1, 0.15) is 0 Å². The molecule has 0 atom stereocenters. The van der Waals surface area contributed by atoms with Gasteiger partial charge in [-0.25, -0.2) is 4.79 Å². The zero-order chi connectivity index (χ0) is 13.0. The Morgan fingerprint density at radius 1 is 1.17 bits per heavy atom. The van der Waals surface area contributed by atoms with Crippen molar-refractivity contribution in [3.05, 3.63) is 52.8 Å². The minimum Gasteiger partial charge on any atom is -0.308 e. The fraction of sp³-hybridized carbons (Fsp3) is 0.0769. The molecule has 2 amide bonds. The van der Waals surface area contributed by atoms with Crippen molar-refractivity contribution < 1.29 is 4.79 Å². The highest BCUT2D eigenvalue weighted by molar-refractivity contribution is 9.10. The van der Waals surface area contributed by atoms with Crippen LogP contribution in [0.2, 0.25) is 0 Å². The van der Waals surface area contributed by atoms with Crippen LogP contribution in [-0.4, -0.2) is 11.0 Å². The fourth-order valence-corrected chi connectivity index (χ4v) is 1.75. The van der Waals surface area contributed by atoms with Crippen LogP contribution < -0.4 is 10.6 Å². The van der Waals surface area contributed by atoms with Gasteiger partial charge in [-0.15, -0.1) is 0 Å². The highest BCUT2D eigenvalue weighted by Crippen LogP contribution is 2.20. The Hall–Kier alpha value is -1.88. The van der Waals surface area contributed by atoms with E-state index in [9.17, 15) is 4.79 Å². The summed E-state index contributed by atoms with van der Waals surface area (Å²) in [5.74, 6) is 0. The number of aryl methyl sites for hydroxylation is 1. The second-order valence-electron chi connectivity index (χ2n) is 3.80. The lowest BCUT2D eigenvalue weighted by atomic mass is 10.2. The maximum atomic E-state index is 11.8. The maximum Gasteiger partial charge on any atom is 0.323 e. The summed E-state index contributed by atoms with van der Waals surface area (Å²) >= 11 is 3.31. The Bertz CT molecular complexity index is 554. The SMILES string of the molecule is Cc1ccc(NC(=O)Nc2ccncc2Br)cc1. The standard InChI is InChI=1S/C13H12BrN3O/c1-9-2-4-10(5-3-9)16-13(18)17-12-6-7-15-8-11(12)14/h2-8H,1H3,(H2,15,16,17,18). The van der Waals surface area contributed by atoms with Gasteiger partial charge in [0, 0.05) is 18.1 Å². The minimum atomic E-state index is -0.286. The summed E-state index contributed by atoms with van der Waals surface area (Å²) in [4.78, 5) is 15.7. The van der Waals surface area contributed by atoms with Crippen LogP contribution in [0.3, 0.4) is 0 Å².